The van der Waals surface area contributed by atoms with E-state index in [1.165, 1.54) is 44.5 Å². The molecule has 1 aromatic carbocycles. The number of rotatable bonds is 2. The van der Waals surface area contributed by atoms with Crippen molar-refractivity contribution in [2.24, 2.45) is 0 Å². The van der Waals surface area contributed by atoms with Crippen molar-refractivity contribution in [2.45, 2.75) is 58.1 Å². The lowest BCUT2D eigenvalue weighted by molar-refractivity contribution is 0.0285. The third-order valence-electron chi connectivity index (χ3n) is 5.51. The van der Waals surface area contributed by atoms with Gasteiger partial charge in [-0.1, -0.05) is 11.6 Å². The summed E-state index contributed by atoms with van der Waals surface area (Å²) in [6.45, 7) is 4.94. The van der Waals surface area contributed by atoms with Crippen LogP contribution in [-0.2, 0) is 4.74 Å². The quantitative estimate of drug-likeness (QED) is 0.349. The van der Waals surface area contributed by atoms with Crippen molar-refractivity contribution >= 4 is 22.8 Å². The standard InChI is InChI=1S/C13H8ClFN4.C6H8N2.C6H12O/c1-7-5-16-12-11(17-6-18-13(12)19-7)9-3-2-8(14)4-10(9)15;1-4-7-8(5-1)6-2-3-6;1-6-4-2-3-5-7-6/h2-6H,1H3;1,4-6H,2-3H2;6H,2-5H2,1H3. The van der Waals surface area contributed by atoms with Crippen LogP contribution in [0.1, 0.15) is 50.8 Å². The number of fused-ring (bicyclic) bond motifs is 1. The van der Waals surface area contributed by atoms with Crippen LogP contribution in [0.25, 0.3) is 22.4 Å². The molecule has 0 radical (unpaired) electrons. The van der Waals surface area contributed by atoms with Crippen molar-refractivity contribution in [3.63, 3.8) is 0 Å². The molecule has 1 unspecified atom stereocenters. The molecule has 2 aliphatic rings. The summed E-state index contributed by atoms with van der Waals surface area (Å²) in [6.07, 6.45) is 13.9. The van der Waals surface area contributed by atoms with Crippen LogP contribution in [0.4, 0.5) is 4.39 Å². The van der Waals surface area contributed by atoms with Crippen LogP contribution >= 0.6 is 11.6 Å². The summed E-state index contributed by atoms with van der Waals surface area (Å²) >= 11 is 5.74. The van der Waals surface area contributed by atoms with Crippen molar-refractivity contribution in [2.75, 3.05) is 6.61 Å². The minimum absolute atomic E-state index is 0.329. The Balaban J connectivity index is 0.000000148. The summed E-state index contributed by atoms with van der Waals surface area (Å²) in [5.41, 5.74) is 2.39. The molecule has 7 nitrogen and oxygen atoms in total. The molecule has 0 spiro atoms. The van der Waals surface area contributed by atoms with Crippen molar-refractivity contribution < 1.29 is 9.13 Å². The van der Waals surface area contributed by atoms with Crippen LogP contribution in [0.2, 0.25) is 5.02 Å². The summed E-state index contributed by atoms with van der Waals surface area (Å²) in [5, 5.41) is 4.43. The van der Waals surface area contributed by atoms with E-state index in [4.69, 9.17) is 16.3 Å². The van der Waals surface area contributed by atoms with Gasteiger partial charge in [0.2, 0.25) is 0 Å². The van der Waals surface area contributed by atoms with Gasteiger partial charge in [-0.05, 0) is 70.2 Å². The van der Waals surface area contributed by atoms with Crippen molar-refractivity contribution in [3.05, 3.63) is 65.7 Å². The molecule has 1 aliphatic heterocycles. The Labute approximate surface area is 203 Å². The number of aromatic nitrogens is 6. The highest BCUT2D eigenvalue weighted by Crippen LogP contribution is 2.33. The number of hydrogen-bond acceptors (Lipinski definition) is 6. The fraction of sp³-hybridized carbons (Fsp3) is 0.400. The van der Waals surface area contributed by atoms with E-state index in [0.717, 1.165) is 18.3 Å². The minimum atomic E-state index is -0.449. The molecule has 4 heterocycles. The second-order valence-electron chi connectivity index (χ2n) is 8.42. The van der Waals surface area contributed by atoms with E-state index >= 15 is 0 Å². The van der Waals surface area contributed by atoms with Gasteiger partial charge in [0.05, 0.1) is 17.8 Å². The molecule has 1 saturated carbocycles. The van der Waals surface area contributed by atoms with Crippen LogP contribution in [-0.4, -0.2) is 42.4 Å². The maximum absolute atomic E-state index is 14.0. The highest BCUT2D eigenvalue weighted by molar-refractivity contribution is 6.30. The maximum atomic E-state index is 14.0. The predicted molar refractivity (Wildman–Crippen MR) is 130 cm³/mol. The molecular formula is C25H28ClFN6O. The number of hydrogen-bond donors (Lipinski definition) is 0. The van der Waals surface area contributed by atoms with Gasteiger partial charge < -0.3 is 4.74 Å². The Bertz CT molecular complexity index is 1210. The largest absolute Gasteiger partial charge is 0.379 e. The zero-order valence-electron chi connectivity index (χ0n) is 19.4. The average molecular weight is 483 g/mol. The smallest absolute Gasteiger partial charge is 0.182 e. The zero-order valence-corrected chi connectivity index (χ0v) is 20.1. The second kappa shape index (κ2) is 11.4. The molecular weight excluding hydrogens is 455 g/mol. The Morgan fingerprint density at radius 1 is 1.12 bits per heavy atom. The van der Waals surface area contributed by atoms with Crippen molar-refractivity contribution in [3.8, 4) is 11.3 Å². The van der Waals surface area contributed by atoms with Crippen LogP contribution < -0.4 is 0 Å². The number of benzene rings is 1. The first-order chi connectivity index (χ1) is 16.5. The number of nitrogens with zero attached hydrogens (tertiary/aromatic N) is 6. The van der Waals surface area contributed by atoms with E-state index in [9.17, 15) is 4.39 Å². The second-order valence-corrected chi connectivity index (χ2v) is 8.86. The monoisotopic (exact) mass is 482 g/mol. The maximum Gasteiger partial charge on any atom is 0.182 e. The van der Waals surface area contributed by atoms with Gasteiger partial charge in [-0.2, -0.15) is 5.10 Å². The first-order valence-electron chi connectivity index (χ1n) is 11.5. The molecule has 2 fully saturated rings. The number of halogens is 2. The van der Waals surface area contributed by atoms with Crippen LogP contribution in [0, 0.1) is 12.7 Å². The van der Waals surface area contributed by atoms with Gasteiger partial charge in [-0.15, -0.1) is 0 Å². The molecule has 3 aromatic heterocycles. The highest BCUT2D eigenvalue weighted by Gasteiger charge is 2.22. The third kappa shape index (κ3) is 6.55. The van der Waals surface area contributed by atoms with E-state index in [0.29, 0.717) is 33.5 Å². The van der Waals surface area contributed by atoms with Gasteiger partial charge in [-0.25, -0.2) is 24.3 Å². The molecule has 178 valence electrons. The van der Waals surface area contributed by atoms with Gasteiger partial charge in [0.1, 0.15) is 23.4 Å². The molecule has 4 aromatic rings. The Hall–Kier alpha value is -2.97. The summed E-state index contributed by atoms with van der Waals surface area (Å²) in [6, 6.07) is 7.13. The van der Waals surface area contributed by atoms with E-state index < -0.39 is 5.82 Å². The number of ether oxygens (including phenoxy) is 1. The lowest BCUT2D eigenvalue weighted by Gasteiger charge is -2.17. The van der Waals surface area contributed by atoms with Gasteiger partial charge in [-0.3, -0.25) is 4.68 Å². The van der Waals surface area contributed by atoms with Gasteiger partial charge in [0.25, 0.3) is 0 Å². The van der Waals surface area contributed by atoms with Crippen LogP contribution in [0.3, 0.4) is 0 Å². The first kappa shape index (κ1) is 24.2. The average Bonchev–Trinajstić information content (AvgIpc) is 3.54. The van der Waals surface area contributed by atoms with Gasteiger partial charge in [0, 0.05) is 35.8 Å². The minimum Gasteiger partial charge on any atom is -0.379 e. The summed E-state index contributed by atoms with van der Waals surface area (Å²) in [4.78, 5) is 16.6. The molecule has 1 saturated heterocycles. The lowest BCUT2D eigenvalue weighted by atomic mass is 10.1. The van der Waals surface area contributed by atoms with Crippen molar-refractivity contribution in [1.29, 1.82) is 0 Å². The van der Waals surface area contributed by atoms with E-state index in [2.05, 4.69) is 32.0 Å². The molecule has 34 heavy (non-hydrogen) atoms. The van der Waals surface area contributed by atoms with Gasteiger partial charge in [0.15, 0.2) is 5.65 Å². The Morgan fingerprint density at radius 2 is 1.97 bits per heavy atom. The first-order valence-corrected chi connectivity index (χ1v) is 11.9. The third-order valence-corrected chi connectivity index (χ3v) is 5.74. The normalized spacial score (nSPS) is 17.4. The van der Waals surface area contributed by atoms with Crippen LogP contribution in [0.15, 0.2) is 49.2 Å². The topological polar surface area (TPSA) is 78.6 Å². The SMILES string of the molecule is CC1CCCCO1.Cc1cnc2c(-c3ccc(Cl)cc3F)ncnc2n1.c1cnn(C2CC2)c1. The zero-order chi connectivity index (χ0) is 23.9. The predicted octanol–water partition coefficient (Wildman–Crippen LogP) is 5.98. The van der Waals surface area contributed by atoms with E-state index in [-0.39, 0.29) is 0 Å². The summed E-state index contributed by atoms with van der Waals surface area (Å²) in [7, 11) is 0. The molecule has 0 N–H and O–H groups in total. The Morgan fingerprint density at radius 3 is 2.59 bits per heavy atom. The number of aryl methyl sites for hydroxylation is 1. The van der Waals surface area contributed by atoms with Crippen LogP contribution in [0.5, 0.6) is 0 Å². The molecule has 1 aliphatic carbocycles. The summed E-state index contributed by atoms with van der Waals surface area (Å²) in [5.74, 6) is -0.449. The molecule has 0 bridgehead atoms. The van der Waals surface area contributed by atoms with Gasteiger partial charge >= 0.3 is 0 Å². The Kier molecular flexibility index (Phi) is 8.13. The van der Waals surface area contributed by atoms with E-state index in [1.807, 2.05) is 30.1 Å². The molecule has 1 atom stereocenters. The molecule has 9 heteroatoms. The fourth-order valence-electron chi connectivity index (χ4n) is 3.54. The lowest BCUT2D eigenvalue weighted by Crippen LogP contribution is -2.14. The summed E-state index contributed by atoms with van der Waals surface area (Å²) < 4.78 is 21.3. The van der Waals surface area contributed by atoms with E-state index in [1.54, 1.807) is 18.3 Å². The molecule has 6 rings (SSSR count). The molecule has 0 amide bonds. The highest BCUT2D eigenvalue weighted by atomic mass is 35.5. The van der Waals surface area contributed by atoms with Crippen molar-refractivity contribution in [1.82, 2.24) is 29.7 Å². The fourth-order valence-corrected chi connectivity index (χ4v) is 3.70.